The number of nitrogens with one attached hydrogen (secondary N) is 2. The Kier molecular flexibility index (Phi) is 6.80. The highest BCUT2D eigenvalue weighted by molar-refractivity contribution is 5.89. The third kappa shape index (κ3) is 4.93. The van der Waals surface area contributed by atoms with E-state index in [0.29, 0.717) is 23.9 Å². The Morgan fingerprint density at radius 3 is 1.97 bits per heavy atom. The van der Waals surface area contributed by atoms with Gasteiger partial charge in [-0.3, -0.25) is 15.6 Å². The van der Waals surface area contributed by atoms with Gasteiger partial charge >= 0.3 is 0 Å². The average Bonchev–Trinajstić information content (AvgIpc) is 2.87. The van der Waals surface area contributed by atoms with Gasteiger partial charge in [-0.1, -0.05) is 78.9 Å². The van der Waals surface area contributed by atoms with Crippen molar-refractivity contribution in [3.8, 4) is 0 Å². The number of aromatic nitrogens is 2. The SMILES string of the molecule is CCN(c1ccccc1)c1ncnc(NNC(=O)C(c2ccccc2)c2ccccc2)c1N. The molecular weight excluding hydrogens is 412 g/mol. The predicted octanol–water partition coefficient (Wildman–Crippen LogP) is 4.49. The molecule has 4 rings (SSSR count). The van der Waals surface area contributed by atoms with Crippen LogP contribution in [-0.4, -0.2) is 22.4 Å². The fourth-order valence-electron chi connectivity index (χ4n) is 3.74. The summed E-state index contributed by atoms with van der Waals surface area (Å²) in [6, 6.07) is 29.1. The van der Waals surface area contributed by atoms with Crippen LogP contribution in [0.4, 0.5) is 23.0 Å². The molecular formula is C26H26N6O. The summed E-state index contributed by atoms with van der Waals surface area (Å²) in [7, 11) is 0. The number of para-hydroxylation sites is 1. The highest BCUT2D eigenvalue weighted by atomic mass is 16.2. The lowest BCUT2D eigenvalue weighted by molar-refractivity contribution is -0.121. The first kappa shape index (κ1) is 21.8. The Morgan fingerprint density at radius 1 is 0.879 bits per heavy atom. The zero-order chi connectivity index (χ0) is 23.0. The minimum absolute atomic E-state index is 0.220. The van der Waals surface area contributed by atoms with Crippen molar-refractivity contribution in [1.82, 2.24) is 15.4 Å². The molecule has 0 aliphatic carbocycles. The van der Waals surface area contributed by atoms with Gasteiger partial charge in [-0.15, -0.1) is 0 Å². The van der Waals surface area contributed by atoms with Crippen LogP contribution in [0.1, 0.15) is 24.0 Å². The molecule has 0 unspecified atom stereocenters. The van der Waals surface area contributed by atoms with E-state index in [1.54, 1.807) is 0 Å². The highest BCUT2D eigenvalue weighted by Gasteiger charge is 2.23. The van der Waals surface area contributed by atoms with Crippen LogP contribution in [0.15, 0.2) is 97.3 Å². The molecule has 0 radical (unpaired) electrons. The first-order chi connectivity index (χ1) is 16.2. The Balaban J connectivity index is 1.57. The lowest BCUT2D eigenvalue weighted by Crippen LogP contribution is -2.35. The highest BCUT2D eigenvalue weighted by Crippen LogP contribution is 2.31. The maximum atomic E-state index is 13.3. The Labute approximate surface area is 193 Å². The molecule has 0 spiro atoms. The molecule has 1 aromatic heterocycles. The van der Waals surface area contributed by atoms with Crippen LogP contribution in [0.5, 0.6) is 0 Å². The van der Waals surface area contributed by atoms with E-state index in [9.17, 15) is 4.79 Å². The summed E-state index contributed by atoms with van der Waals surface area (Å²) in [6.07, 6.45) is 1.43. The summed E-state index contributed by atoms with van der Waals surface area (Å²) in [6.45, 7) is 2.69. The summed E-state index contributed by atoms with van der Waals surface area (Å²) in [5.41, 5.74) is 15.2. The minimum atomic E-state index is -0.487. The van der Waals surface area contributed by atoms with E-state index in [1.165, 1.54) is 6.33 Å². The van der Waals surface area contributed by atoms with Crippen molar-refractivity contribution in [2.75, 3.05) is 22.6 Å². The molecule has 166 valence electrons. The topological polar surface area (TPSA) is 96.2 Å². The molecule has 1 amide bonds. The number of nitrogens with zero attached hydrogens (tertiary/aromatic N) is 3. The first-order valence-electron chi connectivity index (χ1n) is 10.8. The van der Waals surface area contributed by atoms with Crippen LogP contribution in [0, 0.1) is 0 Å². The van der Waals surface area contributed by atoms with E-state index in [4.69, 9.17) is 5.73 Å². The van der Waals surface area contributed by atoms with Gasteiger partial charge in [0.1, 0.15) is 12.0 Å². The van der Waals surface area contributed by atoms with Crippen molar-refractivity contribution in [2.24, 2.45) is 0 Å². The summed E-state index contributed by atoms with van der Waals surface area (Å²) in [4.78, 5) is 23.9. The number of carbonyl (C=O) groups excluding carboxylic acids is 1. The van der Waals surface area contributed by atoms with E-state index >= 15 is 0 Å². The van der Waals surface area contributed by atoms with Gasteiger partial charge in [0, 0.05) is 12.2 Å². The van der Waals surface area contributed by atoms with Crippen molar-refractivity contribution in [2.45, 2.75) is 12.8 Å². The smallest absolute Gasteiger partial charge is 0.250 e. The van der Waals surface area contributed by atoms with Crippen LogP contribution in [0.2, 0.25) is 0 Å². The fraction of sp³-hybridized carbons (Fsp3) is 0.115. The predicted molar refractivity (Wildman–Crippen MR) is 132 cm³/mol. The second kappa shape index (κ2) is 10.3. The molecule has 4 N–H and O–H groups in total. The van der Waals surface area contributed by atoms with Crippen LogP contribution >= 0.6 is 0 Å². The molecule has 0 aliphatic heterocycles. The van der Waals surface area contributed by atoms with Crippen molar-refractivity contribution in [3.05, 3.63) is 108 Å². The Hall–Kier alpha value is -4.39. The number of nitrogen functional groups attached to an aromatic ring is 1. The average molecular weight is 439 g/mol. The zero-order valence-electron chi connectivity index (χ0n) is 18.3. The Morgan fingerprint density at radius 2 is 1.42 bits per heavy atom. The molecule has 7 heteroatoms. The minimum Gasteiger partial charge on any atom is -0.393 e. The van der Waals surface area contributed by atoms with Gasteiger partial charge in [-0.05, 0) is 30.2 Å². The van der Waals surface area contributed by atoms with E-state index < -0.39 is 5.92 Å². The summed E-state index contributed by atoms with van der Waals surface area (Å²) in [5.74, 6) is 0.196. The van der Waals surface area contributed by atoms with E-state index in [2.05, 4.69) is 20.8 Å². The van der Waals surface area contributed by atoms with Gasteiger partial charge in [-0.25, -0.2) is 9.97 Å². The molecule has 0 saturated heterocycles. The molecule has 0 aliphatic rings. The lowest BCUT2D eigenvalue weighted by atomic mass is 9.91. The zero-order valence-corrected chi connectivity index (χ0v) is 18.3. The fourth-order valence-corrected chi connectivity index (χ4v) is 3.74. The second-order valence-corrected chi connectivity index (χ2v) is 7.41. The van der Waals surface area contributed by atoms with Crippen molar-refractivity contribution < 1.29 is 4.79 Å². The molecule has 0 atom stereocenters. The maximum absolute atomic E-state index is 13.3. The number of amides is 1. The van der Waals surface area contributed by atoms with Crippen LogP contribution in [-0.2, 0) is 4.79 Å². The molecule has 0 fully saturated rings. The van der Waals surface area contributed by atoms with Gasteiger partial charge in [0.05, 0.1) is 5.92 Å². The van der Waals surface area contributed by atoms with Crippen LogP contribution in [0.3, 0.4) is 0 Å². The van der Waals surface area contributed by atoms with Gasteiger partial charge in [0.25, 0.3) is 0 Å². The molecule has 1 heterocycles. The first-order valence-corrected chi connectivity index (χ1v) is 10.8. The monoisotopic (exact) mass is 438 g/mol. The quantitative estimate of drug-likeness (QED) is 0.351. The maximum Gasteiger partial charge on any atom is 0.250 e. The number of nitrogens with two attached hydrogens (primary N) is 1. The molecule has 0 saturated carbocycles. The molecule has 33 heavy (non-hydrogen) atoms. The van der Waals surface area contributed by atoms with Crippen molar-refractivity contribution in [1.29, 1.82) is 0 Å². The third-order valence-electron chi connectivity index (χ3n) is 5.33. The van der Waals surface area contributed by atoms with E-state index in [0.717, 1.165) is 16.8 Å². The van der Waals surface area contributed by atoms with E-state index in [-0.39, 0.29) is 5.91 Å². The number of hydrazine groups is 1. The molecule has 4 aromatic rings. The number of rotatable bonds is 8. The number of hydrogen-bond acceptors (Lipinski definition) is 6. The molecule has 7 nitrogen and oxygen atoms in total. The number of carbonyl (C=O) groups is 1. The Bertz CT molecular complexity index is 1150. The van der Waals surface area contributed by atoms with E-state index in [1.807, 2.05) is 103 Å². The van der Waals surface area contributed by atoms with Gasteiger partial charge in [0.2, 0.25) is 5.91 Å². The largest absolute Gasteiger partial charge is 0.393 e. The van der Waals surface area contributed by atoms with Crippen LogP contribution in [0.25, 0.3) is 0 Å². The lowest BCUT2D eigenvalue weighted by Gasteiger charge is -2.24. The van der Waals surface area contributed by atoms with Crippen molar-refractivity contribution >= 4 is 28.9 Å². The normalized spacial score (nSPS) is 10.6. The second-order valence-electron chi connectivity index (χ2n) is 7.41. The summed E-state index contributed by atoms with van der Waals surface area (Å²) >= 11 is 0. The summed E-state index contributed by atoms with van der Waals surface area (Å²) < 4.78 is 0. The molecule has 0 bridgehead atoms. The molecule has 3 aromatic carbocycles. The summed E-state index contributed by atoms with van der Waals surface area (Å²) in [5, 5.41) is 0. The number of hydrogen-bond donors (Lipinski definition) is 3. The third-order valence-corrected chi connectivity index (χ3v) is 5.33. The standard InChI is InChI=1S/C26H26N6O/c1-2-32(21-16-10-5-11-17-21)25-23(27)24(28-18-29-25)30-31-26(33)22(19-12-6-3-7-13-19)20-14-8-4-9-15-20/h3-18,22H,2,27H2,1H3,(H,31,33)(H,28,29,30). The van der Waals surface area contributed by atoms with Gasteiger partial charge in [-0.2, -0.15) is 0 Å². The van der Waals surface area contributed by atoms with Gasteiger partial charge in [0.15, 0.2) is 11.6 Å². The number of anilines is 4. The van der Waals surface area contributed by atoms with Gasteiger partial charge < -0.3 is 10.6 Å². The van der Waals surface area contributed by atoms with Crippen molar-refractivity contribution in [3.63, 3.8) is 0 Å². The number of benzene rings is 3. The van der Waals surface area contributed by atoms with Crippen LogP contribution < -0.4 is 21.5 Å².